The maximum atomic E-state index is 13.1. The highest BCUT2D eigenvalue weighted by Crippen LogP contribution is 2.17. The maximum absolute atomic E-state index is 13.1. The van der Waals surface area contributed by atoms with E-state index in [1.165, 1.54) is 109 Å². The van der Waals surface area contributed by atoms with Crippen LogP contribution in [-0.4, -0.2) is 46.9 Å². The van der Waals surface area contributed by atoms with Crippen molar-refractivity contribution in [2.45, 2.75) is 257 Å². The number of nitrogens with one attached hydrogen (secondary N) is 1. The standard InChI is InChI=1S/C51H93NO5/c1-4-7-10-13-16-19-22-24-26-28-31-34-37-40-43-49(54)48(46-53)52-50(55)45-47(42-39-36-33-30-27-21-18-15-12-9-6-3)57-51(56)44-41-38-35-32-29-25-23-20-17-14-11-8-5-2/h8,11,14,17,20,23,30,33,47-49,53-54H,4-7,9-10,12-13,15-16,18-19,21-22,24-29,31-32,34-46H2,1-3H3,(H,52,55)/b11-8+,17-14+,23-20-,33-30-. The van der Waals surface area contributed by atoms with Crippen LogP contribution in [0.2, 0.25) is 0 Å². The first-order chi connectivity index (χ1) is 28.0. The number of carbonyl (C=O) groups is 2. The van der Waals surface area contributed by atoms with E-state index in [9.17, 15) is 19.8 Å². The van der Waals surface area contributed by atoms with E-state index in [-0.39, 0.29) is 24.9 Å². The number of esters is 1. The number of ether oxygens (including phenoxy) is 1. The molecule has 3 N–H and O–H groups in total. The molecule has 3 unspecified atom stereocenters. The molecule has 0 radical (unpaired) electrons. The minimum Gasteiger partial charge on any atom is -0.462 e. The van der Waals surface area contributed by atoms with Gasteiger partial charge in [0, 0.05) is 6.42 Å². The quantitative estimate of drug-likeness (QED) is 0.0247. The van der Waals surface area contributed by atoms with Crippen LogP contribution in [0.15, 0.2) is 48.6 Å². The Labute approximate surface area is 353 Å². The highest BCUT2D eigenvalue weighted by Gasteiger charge is 2.24. The minimum absolute atomic E-state index is 0.0485. The molecule has 6 nitrogen and oxygen atoms in total. The van der Waals surface area contributed by atoms with Gasteiger partial charge in [-0.05, 0) is 64.2 Å². The van der Waals surface area contributed by atoms with E-state index >= 15 is 0 Å². The van der Waals surface area contributed by atoms with Gasteiger partial charge in [-0.2, -0.15) is 0 Å². The van der Waals surface area contributed by atoms with E-state index < -0.39 is 18.2 Å². The Morgan fingerprint density at radius 3 is 1.51 bits per heavy atom. The molecule has 0 bridgehead atoms. The molecule has 0 aromatic heterocycles. The highest BCUT2D eigenvalue weighted by molar-refractivity contribution is 5.77. The molecule has 3 atom stereocenters. The van der Waals surface area contributed by atoms with Crippen LogP contribution in [0.1, 0.15) is 239 Å². The summed E-state index contributed by atoms with van der Waals surface area (Å²) in [6.45, 7) is 6.33. The fourth-order valence-electron chi connectivity index (χ4n) is 7.25. The van der Waals surface area contributed by atoms with E-state index in [1.54, 1.807) is 0 Å². The number of carbonyl (C=O) groups excluding carboxylic acids is 2. The smallest absolute Gasteiger partial charge is 0.306 e. The first-order valence-electron chi connectivity index (χ1n) is 24.4. The molecule has 0 aliphatic rings. The third-order valence-corrected chi connectivity index (χ3v) is 11.0. The molecule has 0 aromatic rings. The van der Waals surface area contributed by atoms with Crippen LogP contribution in [0.25, 0.3) is 0 Å². The van der Waals surface area contributed by atoms with Gasteiger partial charge in [-0.15, -0.1) is 0 Å². The second-order valence-corrected chi connectivity index (χ2v) is 16.5. The Morgan fingerprint density at radius 1 is 0.526 bits per heavy atom. The molecule has 0 fully saturated rings. The Kier molecular flexibility index (Phi) is 43.2. The average molecular weight is 800 g/mol. The molecule has 57 heavy (non-hydrogen) atoms. The van der Waals surface area contributed by atoms with E-state index in [2.05, 4.69) is 74.7 Å². The van der Waals surface area contributed by atoms with Crippen molar-refractivity contribution >= 4 is 11.9 Å². The lowest BCUT2D eigenvalue weighted by atomic mass is 10.0. The predicted octanol–water partition coefficient (Wildman–Crippen LogP) is 14.3. The summed E-state index contributed by atoms with van der Waals surface area (Å²) in [7, 11) is 0. The van der Waals surface area contributed by atoms with Crippen LogP contribution in [-0.2, 0) is 14.3 Å². The summed E-state index contributed by atoms with van der Waals surface area (Å²) < 4.78 is 5.88. The summed E-state index contributed by atoms with van der Waals surface area (Å²) in [5.74, 6) is -0.526. The van der Waals surface area contributed by atoms with Crippen LogP contribution >= 0.6 is 0 Å². The van der Waals surface area contributed by atoms with Crippen LogP contribution in [0.3, 0.4) is 0 Å². The summed E-state index contributed by atoms with van der Waals surface area (Å²) >= 11 is 0. The molecule has 0 aliphatic heterocycles. The molecule has 332 valence electrons. The van der Waals surface area contributed by atoms with Crippen LogP contribution in [0.5, 0.6) is 0 Å². The van der Waals surface area contributed by atoms with Gasteiger partial charge >= 0.3 is 5.97 Å². The number of allylic oxidation sites excluding steroid dienone is 8. The average Bonchev–Trinajstić information content (AvgIpc) is 3.20. The van der Waals surface area contributed by atoms with Crippen molar-refractivity contribution < 1.29 is 24.5 Å². The van der Waals surface area contributed by atoms with Gasteiger partial charge in [0.1, 0.15) is 6.10 Å². The number of hydrogen-bond donors (Lipinski definition) is 3. The molecular weight excluding hydrogens is 707 g/mol. The Morgan fingerprint density at radius 2 is 0.982 bits per heavy atom. The zero-order valence-corrected chi connectivity index (χ0v) is 37.7. The van der Waals surface area contributed by atoms with Crippen LogP contribution in [0, 0.1) is 0 Å². The molecule has 0 rings (SSSR count). The lowest BCUT2D eigenvalue weighted by molar-refractivity contribution is -0.151. The van der Waals surface area contributed by atoms with Gasteiger partial charge in [0.2, 0.25) is 5.91 Å². The maximum Gasteiger partial charge on any atom is 0.306 e. The van der Waals surface area contributed by atoms with Crippen molar-refractivity contribution in [3.63, 3.8) is 0 Å². The second kappa shape index (κ2) is 44.9. The monoisotopic (exact) mass is 800 g/mol. The van der Waals surface area contributed by atoms with Gasteiger partial charge in [0.05, 0.1) is 25.2 Å². The van der Waals surface area contributed by atoms with Gasteiger partial charge in [0.15, 0.2) is 0 Å². The lowest BCUT2D eigenvalue weighted by Gasteiger charge is -2.24. The summed E-state index contributed by atoms with van der Waals surface area (Å²) in [6, 6.07) is -0.712. The largest absolute Gasteiger partial charge is 0.462 e. The van der Waals surface area contributed by atoms with Crippen molar-refractivity contribution in [2.75, 3.05) is 6.61 Å². The highest BCUT2D eigenvalue weighted by atomic mass is 16.5. The second-order valence-electron chi connectivity index (χ2n) is 16.5. The number of aliphatic hydroxyl groups is 2. The van der Waals surface area contributed by atoms with Gasteiger partial charge in [-0.25, -0.2) is 0 Å². The third kappa shape index (κ3) is 40.4. The topological polar surface area (TPSA) is 95.9 Å². The SMILES string of the molecule is CC/C=C/C=C/C=C\CCCCCCCC(=O)OC(CCC/C=C\CCCCCCCC)CC(=O)NC(CO)C(O)CCCCCCCCCCCCCCCC. The van der Waals surface area contributed by atoms with Crippen molar-refractivity contribution in [1.29, 1.82) is 0 Å². The summed E-state index contributed by atoms with van der Waals surface area (Å²) in [6.07, 6.45) is 53.1. The Hall–Kier alpha value is -2.18. The number of unbranched alkanes of at least 4 members (excludes halogenated alkanes) is 25. The lowest BCUT2D eigenvalue weighted by Crippen LogP contribution is -2.46. The zero-order valence-electron chi connectivity index (χ0n) is 37.7. The molecule has 1 amide bonds. The zero-order chi connectivity index (χ0) is 41.7. The van der Waals surface area contributed by atoms with E-state index in [4.69, 9.17) is 4.74 Å². The summed E-state index contributed by atoms with van der Waals surface area (Å²) in [5.41, 5.74) is 0. The van der Waals surface area contributed by atoms with Crippen LogP contribution < -0.4 is 5.32 Å². The molecule has 0 aromatic carbocycles. The number of amides is 1. The number of rotatable bonds is 43. The Balaban J connectivity index is 4.59. The van der Waals surface area contributed by atoms with Gasteiger partial charge in [-0.3, -0.25) is 9.59 Å². The number of aliphatic hydroxyl groups excluding tert-OH is 2. The van der Waals surface area contributed by atoms with Crippen molar-refractivity contribution in [3.05, 3.63) is 48.6 Å². The molecule has 0 saturated heterocycles. The van der Waals surface area contributed by atoms with Gasteiger partial charge < -0.3 is 20.3 Å². The normalized spacial score (nSPS) is 13.7. The first-order valence-corrected chi connectivity index (χ1v) is 24.4. The fourth-order valence-corrected chi connectivity index (χ4v) is 7.25. The number of hydrogen-bond acceptors (Lipinski definition) is 5. The molecule has 0 saturated carbocycles. The van der Waals surface area contributed by atoms with Gasteiger partial charge in [-0.1, -0.05) is 211 Å². The van der Waals surface area contributed by atoms with E-state index in [1.807, 2.05) is 0 Å². The van der Waals surface area contributed by atoms with Gasteiger partial charge in [0.25, 0.3) is 0 Å². The third-order valence-electron chi connectivity index (χ3n) is 11.0. The summed E-state index contributed by atoms with van der Waals surface area (Å²) in [4.78, 5) is 26.0. The molecule has 0 spiro atoms. The van der Waals surface area contributed by atoms with Crippen molar-refractivity contribution in [3.8, 4) is 0 Å². The Bertz CT molecular complexity index is 988. The summed E-state index contributed by atoms with van der Waals surface area (Å²) in [5, 5.41) is 23.7. The first kappa shape index (κ1) is 54.8. The molecule has 0 aliphatic carbocycles. The molecule has 0 heterocycles. The van der Waals surface area contributed by atoms with Crippen molar-refractivity contribution in [1.82, 2.24) is 5.32 Å². The van der Waals surface area contributed by atoms with Crippen LogP contribution in [0.4, 0.5) is 0 Å². The molecule has 6 heteroatoms. The fraction of sp³-hybridized carbons (Fsp3) is 0.804. The van der Waals surface area contributed by atoms with Crippen molar-refractivity contribution in [2.24, 2.45) is 0 Å². The molecular formula is C51H93NO5. The minimum atomic E-state index is -0.796. The van der Waals surface area contributed by atoms with E-state index in [0.717, 1.165) is 83.5 Å². The van der Waals surface area contributed by atoms with E-state index in [0.29, 0.717) is 19.3 Å². The predicted molar refractivity (Wildman–Crippen MR) is 245 cm³/mol.